The summed E-state index contributed by atoms with van der Waals surface area (Å²) in [4.78, 5) is 8.98. The smallest absolute Gasteiger partial charge is 0.229 e. The molecular formula is C23H26BrN6O3S-. The zero-order valence-corrected chi connectivity index (χ0v) is 21.0. The van der Waals surface area contributed by atoms with Crippen molar-refractivity contribution in [3.8, 4) is 5.75 Å². The lowest BCUT2D eigenvalue weighted by atomic mass is 9.90. The van der Waals surface area contributed by atoms with Gasteiger partial charge in [-0.05, 0) is 77.1 Å². The third-order valence-corrected chi connectivity index (χ3v) is 6.64. The lowest BCUT2D eigenvalue weighted by Crippen LogP contribution is -2.26. The number of hydrogen-bond acceptors (Lipinski definition) is 8. The zero-order chi connectivity index (χ0) is 23.9. The normalized spacial score (nSPS) is 15.0. The minimum absolute atomic E-state index is 0.160. The molecule has 3 aromatic rings. The molecule has 180 valence electrons. The van der Waals surface area contributed by atoms with Crippen LogP contribution in [0.1, 0.15) is 29.9 Å². The van der Waals surface area contributed by atoms with E-state index >= 15 is 0 Å². The second kappa shape index (κ2) is 11.7. The molecule has 1 unspecified atom stereocenters. The van der Waals surface area contributed by atoms with Gasteiger partial charge in [-0.25, -0.2) is 9.71 Å². The lowest BCUT2D eigenvalue weighted by molar-refractivity contribution is 0.413. The van der Waals surface area contributed by atoms with Crippen molar-refractivity contribution in [1.82, 2.24) is 20.0 Å². The van der Waals surface area contributed by atoms with Gasteiger partial charge in [-0.2, -0.15) is 4.98 Å². The van der Waals surface area contributed by atoms with Crippen LogP contribution in [0.4, 0.5) is 23.1 Å². The topological polar surface area (TPSA) is 123 Å². The Bertz CT molecular complexity index is 1160. The Morgan fingerprint density at radius 2 is 1.97 bits per heavy atom. The molecule has 1 atom stereocenters. The number of para-hydroxylation sites is 1. The summed E-state index contributed by atoms with van der Waals surface area (Å²) in [5, 5.41) is 9.90. The third kappa shape index (κ3) is 6.30. The van der Waals surface area contributed by atoms with E-state index in [0.29, 0.717) is 22.2 Å². The number of nitrogens with one attached hydrogen (secondary N) is 4. The van der Waals surface area contributed by atoms with E-state index in [0.717, 1.165) is 48.6 Å². The van der Waals surface area contributed by atoms with Crippen LogP contribution in [0, 0.1) is 0 Å². The Kier molecular flexibility index (Phi) is 8.46. The largest absolute Gasteiger partial charge is 0.760 e. The van der Waals surface area contributed by atoms with Crippen molar-refractivity contribution < 1.29 is 13.5 Å². The van der Waals surface area contributed by atoms with Gasteiger partial charge in [0.05, 0.1) is 17.3 Å². The highest BCUT2D eigenvalue weighted by atomic mass is 79.9. The fraction of sp³-hybridized carbons (Fsp3) is 0.304. The molecule has 0 spiro atoms. The Morgan fingerprint density at radius 1 is 1.18 bits per heavy atom. The van der Waals surface area contributed by atoms with Crippen LogP contribution < -0.4 is 25.4 Å². The predicted molar refractivity (Wildman–Crippen MR) is 136 cm³/mol. The number of halogens is 1. The molecule has 34 heavy (non-hydrogen) atoms. The molecule has 1 aliphatic rings. The van der Waals surface area contributed by atoms with Crippen molar-refractivity contribution in [3.63, 3.8) is 0 Å². The number of anilines is 4. The molecule has 0 saturated carbocycles. The number of ether oxygens (including phenoxy) is 1. The molecule has 4 N–H and O–H groups in total. The number of nitrogens with zero attached hydrogens (tertiary/aromatic N) is 2. The molecule has 0 radical (unpaired) electrons. The second-order valence-electron chi connectivity index (χ2n) is 7.84. The van der Waals surface area contributed by atoms with Gasteiger partial charge in [0, 0.05) is 29.7 Å². The van der Waals surface area contributed by atoms with Crippen molar-refractivity contribution in [1.29, 1.82) is 0 Å². The first-order valence-corrected chi connectivity index (χ1v) is 12.8. The minimum atomic E-state index is -2.35. The van der Waals surface area contributed by atoms with E-state index in [4.69, 9.17) is 4.74 Å². The van der Waals surface area contributed by atoms with E-state index < -0.39 is 11.3 Å². The maximum absolute atomic E-state index is 10.9. The number of aromatic nitrogens is 2. The maximum atomic E-state index is 10.9. The van der Waals surface area contributed by atoms with Crippen molar-refractivity contribution in [2.24, 2.45) is 0 Å². The van der Waals surface area contributed by atoms with Crippen molar-refractivity contribution in [3.05, 3.63) is 64.3 Å². The molecule has 0 amide bonds. The average Bonchev–Trinajstić information content (AvgIpc) is 2.86. The maximum Gasteiger partial charge on any atom is 0.229 e. The van der Waals surface area contributed by atoms with Crippen molar-refractivity contribution in [2.75, 3.05) is 30.8 Å². The van der Waals surface area contributed by atoms with Gasteiger partial charge in [0.2, 0.25) is 5.95 Å². The van der Waals surface area contributed by atoms with Crippen LogP contribution in [-0.4, -0.2) is 38.9 Å². The van der Waals surface area contributed by atoms with E-state index in [1.54, 1.807) is 13.3 Å². The second-order valence-corrected chi connectivity index (χ2v) is 9.45. The molecule has 9 nitrogen and oxygen atoms in total. The van der Waals surface area contributed by atoms with E-state index in [9.17, 15) is 8.76 Å². The zero-order valence-electron chi connectivity index (χ0n) is 18.6. The molecule has 11 heteroatoms. The SMILES string of the molecule is COc1cc(C2CCNCC2)ccc1Nc1ncc(Br)c(Nc2ccccc2CNS(=O)[O-])n1. The highest BCUT2D eigenvalue weighted by Gasteiger charge is 2.17. The van der Waals surface area contributed by atoms with Gasteiger partial charge in [-0.3, -0.25) is 4.21 Å². The van der Waals surface area contributed by atoms with Crippen molar-refractivity contribution in [2.45, 2.75) is 25.3 Å². The van der Waals surface area contributed by atoms with Gasteiger partial charge in [-0.15, -0.1) is 0 Å². The van der Waals surface area contributed by atoms with Gasteiger partial charge >= 0.3 is 0 Å². The number of methoxy groups -OCH3 is 1. The van der Waals surface area contributed by atoms with Crippen molar-refractivity contribution >= 4 is 50.3 Å². The van der Waals surface area contributed by atoms with Crippen LogP contribution in [0.2, 0.25) is 0 Å². The number of hydrogen-bond donors (Lipinski definition) is 4. The number of benzene rings is 2. The molecule has 1 aromatic heterocycles. The fourth-order valence-electron chi connectivity index (χ4n) is 3.92. The summed E-state index contributed by atoms with van der Waals surface area (Å²) in [5.74, 6) is 2.20. The summed E-state index contributed by atoms with van der Waals surface area (Å²) < 4.78 is 30.5. The molecule has 0 aliphatic carbocycles. The Hall–Kier alpha value is -2.57. The van der Waals surface area contributed by atoms with E-state index in [2.05, 4.69) is 58.7 Å². The third-order valence-electron chi connectivity index (χ3n) is 5.68. The summed E-state index contributed by atoms with van der Waals surface area (Å²) in [7, 11) is 1.65. The summed E-state index contributed by atoms with van der Waals surface area (Å²) in [6.07, 6.45) is 3.88. The molecule has 2 heterocycles. The van der Waals surface area contributed by atoms with Crippen LogP contribution >= 0.6 is 15.9 Å². The highest BCUT2D eigenvalue weighted by molar-refractivity contribution is 9.10. The molecular weight excluding hydrogens is 520 g/mol. The van der Waals surface area contributed by atoms with Gasteiger partial charge in [-0.1, -0.05) is 24.3 Å². The van der Waals surface area contributed by atoms with Gasteiger partial charge < -0.3 is 25.2 Å². The molecule has 4 rings (SSSR count). The van der Waals surface area contributed by atoms with Crippen LogP contribution in [0.15, 0.2) is 53.1 Å². The van der Waals surface area contributed by atoms with Crippen LogP contribution in [-0.2, 0) is 17.8 Å². The van der Waals surface area contributed by atoms with Gasteiger partial charge in [0.15, 0.2) is 0 Å². The highest BCUT2D eigenvalue weighted by Crippen LogP contribution is 2.34. The van der Waals surface area contributed by atoms with E-state index in [-0.39, 0.29) is 6.54 Å². The lowest BCUT2D eigenvalue weighted by Gasteiger charge is -2.24. The first kappa shape index (κ1) is 24.6. The molecule has 1 fully saturated rings. The average molecular weight is 546 g/mol. The van der Waals surface area contributed by atoms with Crippen LogP contribution in [0.25, 0.3) is 0 Å². The first-order valence-electron chi connectivity index (χ1n) is 10.9. The van der Waals surface area contributed by atoms with Gasteiger partial charge in [0.1, 0.15) is 11.6 Å². The van der Waals surface area contributed by atoms with Crippen LogP contribution in [0.5, 0.6) is 5.75 Å². The molecule has 1 aliphatic heterocycles. The van der Waals surface area contributed by atoms with E-state index in [1.165, 1.54) is 5.56 Å². The quantitative estimate of drug-likeness (QED) is 0.296. The first-order chi connectivity index (χ1) is 16.5. The number of rotatable bonds is 9. The summed E-state index contributed by atoms with van der Waals surface area (Å²) in [6, 6.07) is 13.6. The van der Waals surface area contributed by atoms with Gasteiger partial charge in [0.25, 0.3) is 0 Å². The predicted octanol–water partition coefficient (Wildman–Crippen LogP) is 4.09. The molecule has 1 saturated heterocycles. The summed E-state index contributed by atoms with van der Waals surface area (Å²) in [6.45, 7) is 2.22. The number of piperidine rings is 1. The minimum Gasteiger partial charge on any atom is -0.760 e. The molecule has 2 aromatic carbocycles. The van der Waals surface area contributed by atoms with E-state index in [1.807, 2.05) is 30.3 Å². The Morgan fingerprint density at radius 3 is 2.74 bits per heavy atom. The Labute approximate surface area is 209 Å². The molecule has 0 bridgehead atoms. The summed E-state index contributed by atoms with van der Waals surface area (Å²) in [5.41, 5.74) is 3.56. The summed E-state index contributed by atoms with van der Waals surface area (Å²) >= 11 is 1.14. The monoisotopic (exact) mass is 545 g/mol. The standard InChI is InChI=1S/C23H27BrN6O3S/c1-33-21-12-16(15-8-10-25-11-9-15)6-7-20(21)29-23-26-14-18(24)22(30-23)28-19-5-3-2-4-17(19)13-27-34(31)32/h2-7,12,14-15,25,27H,8-11,13H2,1H3,(H,31,32)(H2,26,28,29,30)/p-1. The van der Waals surface area contributed by atoms with Crippen LogP contribution in [0.3, 0.4) is 0 Å². The fourth-order valence-corrected chi connectivity index (χ4v) is 4.48. The Balaban J connectivity index is 1.53.